The molecule has 1 heterocycles. The van der Waals surface area contributed by atoms with Crippen molar-refractivity contribution in [2.45, 2.75) is 25.8 Å². The monoisotopic (exact) mass is 276 g/mol. The molecule has 1 atom stereocenters. The molecular weight excluding hydrogens is 258 g/mol. The number of halogens is 2. The number of pyridine rings is 1. The van der Waals surface area contributed by atoms with Gasteiger partial charge in [0.25, 0.3) is 0 Å². The lowest BCUT2D eigenvalue weighted by Gasteiger charge is -2.16. The molecule has 1 unspecified atom stereocenters. The summed E-state index contributed by atoms with van der Waals surface area (Å²) >= 11 is 0. The molecule has 0 aliphatic rings. The molecule has 0 radical (unpaired) electrons. The second kappa shape index (κ2) is 7.10. The highest BCUT2D eigenvalue weighted by molar-refractivity contribution is 5.16. The number of benzene rings is 1. The van der Waals surface area contributed by atoms with Crippen molar-refractivity contribution >= 4 is 0 Å². The van der Waals surface area contributed by atoms with Crippen LogP contribution in [0.4, 0.5) is 8.78 Å². The highest BCUT2D eigenvalue weighted by Gasteiger charge is 2.09. The molecule has 4 heteroatoms. The minimum atomic E-state index is -0.324. The summed E-state index contributed by atoms with van der Waals surface area (Å²) in [6.07, 6.45) is 2.93. The first-order valence-corrected chi connectivity index (χ1v) is 6.78. The standard InChI is InChI=1S/C16H18F2N2/c1-2-15(16-8-7-14(18)11-20-16)19-10-9-12-3-5-13(17)6-4-12/h3-8,11,15,19H,2,9-10H2,1H3. The van der Waals surface area contributed by atoms with E-state index in [1.54, 1.807) is 18.2 Å². The quantitative estimate of drug-likeness (QED) is 0.871. The van der Waals surface area contributed by atoms with Crippen molar-refractivity contribution in [2.24, 2.45) is 0 Å². The summed E-state index contributed by atoms with van der Waals surface area (Å²) in [5.74, 6) is -0.543. The third kappa shape index (κ3) is 4.10. The van der Waals surface area contributed by atoms with Crippen LogP contribution < -0.4 is 5.32 Å². The Kier molecular flexibility index (Phi) is 5.18. The van der Waals surface area contributed by atoms with E-state index in [2.05, 4.69) is 17.2 Å². The third-order valence-electron chi connectivity index (χ3n) is 3.23. The number of hydrogen-bond donors (Lipinski definition) is 1. The predicted octanol–water partition coefficient (Wildman–Crippen LogP) is 3.64. The van der Waals surface area contributed by atoms with Crippen LogP contribution in [0.1, 0.15) is 30.6 Å². The SMILES string of the molecule is CCC(NCCc1ccc(F)cc1)c1ccc(F)cn1. The van der Waals surface area contributed by atoms with Crippen LogP contribution in [-0.2, 0) is 6.42 Å². The second-order valence-corrected chi connectivity index (χ2v) is 4.69. The normalized spacial score (nSPS) is 12.3. The highest BCUT2D eigenvalue weighted by atomic mass is 19.1. The zero-order valence-corrected chi connectivity index (χ0v) is 11.4. The van der Waals surface area contributed by atoms with Gasteiger partial charge in [0.15, 0.2) is 0 Å². The summed E-state index contributed by atoms with van der Waals surface area (Å²) in [5, 5.41) is 3.39. The van der Waals surface area contributed by atoms with Crippen molar-refractivity contribution in [1.29, 1.82) is 0 Å². The fourth-order valence-corrected chi connectivity index (χ4v) is 2.09. The third-order valence-corrected chi connectivity index (χ3v) is 3.23. The molecule has 2 rings (SSSR count). The zero-order valence-electron chi connectivity index (χ0n) is 11.4. The number of nitrogens with one attached hydrogen (secondary N) is 1. The molecule has 0 fully saturated rings. The average molecular weight is 276 g/mol. The lowest BCUT2D eigenvalue weighted by molar-refractivity contribution is 0.507. The topological polar surface area (TPSA) is 24.9 Å². The van der Waals surface area contributed by atoms with Gasteiger partial charge in [0, 0.05) is 6.04 Å². The summed E-state index contributed by atoms with van der Waals surface area (Å²) in [5.41, 5.74) is 1.92. The summed E-state index contributed by atoms with van der Waals surface area (Å²) in [6, 6.07) is 9.74. The Morgan fingerprint density at radius 3 is 2.35 bits per heavy atom. The first kappa shape index (κ1) is 14.6. The maximum atomic E-state index is 12.8. The van der Waals surface area contributed by atoms with E-state index in [-0.39, 0.29) is 17.7 Å². The molecule has 1 aromatic carbocycles. The molecule has 0 bridgehead atoms. The van der Waals surface area contributed by atoms with Crippen LogP contribution in [0.2, 0.25) is 0 Å². The van der Waals surface area contributed by atoms with Crippen LogP contribution in [0, 0.1) is 11.6 Å². The van der Waals surface area contributed by atoms with E-state index in [4.69, 9.17) is 0 Å². The molecule has 0 aliphatic carbocycles. The second-order valence-electron chi connectivity index (χ2n) is 4.69. The van der Waals surface area contributed by atoms with Crippen LogP contribution >= 0.6 is 0 Å². The van der Waals surface area contributed by atoms with Gasteiger partial charge in [-0.1, -0.05) is 19.1 Å². The fraction of sp³-hybridized carbons (Fsp3) is 0.312. The molecule has 1 aromatic heterocycles. The summed E-state index contributed by atoms with van der Waals surface area (Å²) < 4.78 is 25.6. The minimum absolute atomic E-state index is 0.107. The largest absolute Gasteiger partial charge is 0.308 e. The number of nitrogens with zero attached hydrogens (tertiary/aromatic N) is 1. The Morgan fingerprint density at radius 2 is 1.75 bits per heavy atom. The van der Waals surface area contributed by atoms with Gasteiger partial charge in [0.2, 0.25) is 0 Å². The molecule has 2 nitrogen and oxygen atoms in total. The van der Waals surface area contributed by atoms with Gasteiger partial charge in [0.05, 0.1) is 11.9 Å². The zero-order chi connectivity index (χ0) is 14.4. The Morgan fingerprint density at radius 1 is 1.05 bits per heavy atom. The Balaban J connectivity index is 1.87. The van der Waals surface area contributed by atoms with Crippen LogP contribution in [0.3, 0.4) is 0 Å². The maximum Gasteiger partial charge on any atom is 0.141 e. The van der Waals surface area contributed by atoms with Gasteiger partial charge in [-0.2, -0.15) is 0 Å². The lowest BCUT2D eigenvalue weighted by Crippen LogP contribution is -2.24. The molecule has 20 heavy (non-hydrogen) atoms. The van der Waals surface area contributed by atoms with Crippen LogP contribution in [0.15, 0.2) is 42.6 Å². The Hall–Kier alpha value is -1.81. The van der Waals surface area contributed by atoms with Crippen molar-refractivity contribution in [2.75, 3.05) is 6.54 Å². The highest BCUT2D eigenvalue weighted by Crippen LogP contribution is 2.14. The first-order chi connectivity index (χ1) is 9.69. The van der Waals surface area contributed by atoms with E-state index < -0.39 is 0 Å². The van der Waals surface area contributed by atoms with Gasteiger partial charge in [-0.25, -0.2) is 8.78 Å². The van der Waals surface area contributed by atoms with Crippen molar-refractivity contribution in [3.8, 4) is 0 Å². The molecule has 0 saturated carbocycles. The number of aromatic nitrogens is 1. The molecule has 0 amide bonds. The molecule has 106 valence electrons. The van der Waals surface area contributed by atoms with E-state index in [1.807, 2.05) is 0 Å². The van der Waals surface area contributed by atoms with Gasteiger partial charge < -0.3 is 5.32 Å². The predicted molar refractivity (Wildman–Crippen MR) is 75.3 cm³/mol. The van der Waals surface area contributed by atoms with Crippen molar-refractivity contribution < 1.29 is 8.78 Å². The molecule has 0 saturated heterocycles. The van der Waals surface area contributed by atoms with E-state index in [0.29, 0.717) is 0 Å². The smallest absolute Gasteiger partial charge is 0.141 e. The summed E-state index contributed by atoms with van der Waals surface area (Å²) in [7, 11) is 0. The van der Waals surface area contributed by atoms with Crippen LogP contribution in [0.25, 0.3) is 0 Å². The fourth-order valence-electron chi connectivity index (χ4n) is 2.09. The summed E-state index contributed by atoms with van der Waals surface area (Å²) in [6.45, 7) is 2.82. The van der Waals surface area contributed by atoms with Gasteiger partial charge in [-0.3, -0.25) is 4.98 Å². The van der Waals surface area contributed by atoms with Crippen LogP contribution in [-0.4, -0.2) is 11.5 Å². The van der Waals surface area contributed by atoms with Crippen LogP contribution in [0.5, 0.6) is 0 Å². The lowest BCUT2D eigenvalue weighted by atomic mass is 10.1. The van der Waals surface area contributed by atoms with E-state index in [0.717, 1.165) is 30.6 Å². The molecule has 0 aliphatic heterocycles. The van der Waals surface area contributed by atoms with Crippen molar-refractivity contribution in [3.05, 3.63) is 65.5 Å². The minimum Gasteiger partial charge on any atom is -0.308 e. The van der Waals surface area contributed by atoms with Gasteiger partial charge >= 0.3 is 0 Å². The van der Waals surface area contributed by atoms with E-state index in [1.165, 1.54) is 24.4 Å². The first-order valence-electron chi connectivity index (χ1n) is 6.78. The summed E-state index contributed by atoms with van der Waals surface area (Å²) in [4.78, 5) is 4.10. The van der Waals surface area contributed by atoms with Crippen molar-refractivity contribution in [3.63, 3.8) is 0 Å². The molecular formula is C16H18F2N2. The Labute approximate surface area is 117 Å². The molecule has 2 aromatic rings. The number of rotatable bonds is 6. The number of hydrogen-bond acceptors (Lipinski definition) is 2. The van der Waals surface area contributed by atoms with Crippen molar-refractivity contribution in [1.82, 2.24) is 10.3 Å². The van der Waals surface area contributed by atoms with E-state index >= 15 is 0 Å². The Bertz CT molecular complexity index is 523. The molecule has 0 spiro atoms. The van der Waals surface area contributed by atoms with E-state index in [9.17, 15) is 8.78 Å². The van der Waals surface area contributed by atoms with Gasteiger partial charge in [0.1, 0.15) is 11.6 Å². The van der Waals surface area contributed by atoms with Gasteiger partial charge in [-0.15, -0.1) is 0 Å². The van der Waals surface area contributed by atoms with Gasteiger partial charge in [-0.05, 0) is 49.2 Å². The maximum absolute atomic E-state index is 12.8. The average Bonchev–Trinajstić information content (AvgIpc) is 2.47. The molecule has 1 N–H and O–H groups in total.